The van der Waals surface area contributed by atoms with Gasteiger partial charge < -0.3 is 9.64 Å². The predicted molar refractivity (Wildman–Crippen MR) is 65.4 cm³/mol. The van der Waals surface area contributed by atoms with Crippen molar-refractivity contribution < 1.29 is 4.74 Å². The third kappa shape index (κ3) is 3.42. The summed E-state index contributed by atoms with van der Waals surface area (Å²) < 4.78 is 6.27. The number of nitrogens with zero attached hydrogens (tertiary/aromatic N) is 3. The first-order valence-electron chi connectivity index (χ1n) is 5.53. The highest BCUT2D eigenvalue weighted by Gasteiger charge is 2.17. The second-order valence-electron chi connectivity index (χ2n) is 4.25. The first-order valence-corrected chi connectivity index (χ1v) is 6.32. The molecule has 2 heterocycles. The molecule has 16 heavy (non-hydrogen) atoms. The van der Waals surface area contributed by atoms with Gasteiger partial charge in [0.2, 0.25) is 0 Å². The van der Waals surface area contributed by atoms with Gasteiger partial charge in [-0.1, -0.05) is 0 Å². The molecule has 0 atom stereocenters. The van der Waals surface area contributed by atoms with Gasteiger partial charge >= 0.3 is 0 Å². The zero-order chi connectivity index (χ0) is 11.4. The Kier molecular flexibility index (Phi) is 4.12. The van der Waals surface area contributed by atoms with Gasteiger partial charge in [0.1, 0.15) is 0 Å². The van der Waals surface area contributed by atoms with Crippen LogP contribution in [-0.4, -0.2) is 41.6 Å². The van der Waals surface area contributed by atoms with E-state index < -0.39 is 0 Å². The second kappa shape index (κ2) is 5.59. The Morgan fingerprint density at radius 1 is 1.38 bits per heavy atom. The summed E-state index contributed by atoms with van der Waals surface area (Å²) in [6, 6.07) is 0. The van der Waals surface area contributed by atoms with E-state index in [4.69, 9.17) is 4.74 Å². The number of aromatic nitrogens is 2. The van der Waals surface area contributed by atoms with Gasteiger partial charge in [-0.15, -0.1) is 0 Å². The fourth-order valence-electron chi connectivity index (χ4n) is 1.82. The van der Waals surface area contributed by atoms with Gasteiger partial charge in [-0.25, -0.2) is 9.97 Å². The maximum absolute atomic E-state index is 5.67. The lowest BCUT2D eigenvalue weighted by Gasteiger charge is -2.28. The van der Waals surface area contributed by atoms with E-state index in [0.29, 0.717) is 10.7 Å². The predicted octanol–water partition coefficient (Wildman–Crippen LogP) is 1.96. The average Bonchev–Trinajstić information content (AvgIpc) is 2.30. The van der Waals surface area contributed by atoms with Crippen LogP contribution in [0.5, 0.6) is 5.75 Å². The van der Waals surface area contributed by atoms with Gasteiger partial charge in [0.25, 0.3) is 0 Å². The van der Waals surface area contributed by atoms with Gasteiger partial charge in [0, 0.05) is 0 Å². The van der Waals surface area contributed by atoms with Crippen LogP contribution in [-0.2, 0) is 0 Å². The molecule has 4 nitrogen and oxygen atoms in total. The van der Waals surface area contributed by atoms with E-state index in [1.54, 1.807) is 12.4 Å². The molecule has 0 aliphatic carbocycles. The number of rotatable bonds is 3. The monoisotopic (exact) mass is 285 g/mol. The minimum absolute atomic E-state index is 0.596. The highest BCUT2D eigenvalue weighted by Crippen LogP contribution is 2.18. The molecule has 0 radical (unpaired) electrons. The molecular formula is C11H16BrN3O. The Bertz CT molecular complexity index is 323. The first kappa shape index (κ1) is 11.8. The van der Waals surface area contributed by atoms with E-state index in [9.17, 15) is 0 Å². The van der Waals surface area contributed by atoms with Crippen molar-refractivity contribution >= 4 is 15.9 Å². The lowest BCUT2D eigenvalue weighted by atomic mass is 9.98. The Hall–Kier alpha value is -0.680. The number of ether oxygens (including phenoxy) is 1. The Morgan fingerprint density at radius 2 is 2.00 bits per heavy atom. The molecule has 88 valence electrons. The van der Waals surface area contributed by atoms with Gasteiger partial charge in [-0.2, -0.15) is 0 Å². The highest BCUT2D eigenvalue weighted by atomic mass is 79.9. The smallest absolute Gasteiger partial charge is 0.196 e. The van der Waals surface area contributed by atoms with Crippen LogP contribution in [0.25, 0.3) is 0 Å². The third-order valence-corrected chi connectivity index (χ3v) is 3.33. The van der Waals surface area contributed by atoms with E-state index >= 15 is 0 Å². The van der Waals surface area contributed by atoms with Crippen LogP contribution in [0.2, 0.25) is 0 Å². The van der Waals surface area contributed by atoms with Crippen LogP contribution in [0.15, 0.2) is 17.1 Å². The van der Waals surface area contributed by atoms with Crippen molar-refractivity contribution in [1.29, 1.82) is 0 Å². The molecule has 0 saturated carbocycles. The minimum atomic E-state index is 0.596. The summed E-state index contributed by atoms with van der Waals surface area (Å²) in [6.45, 7) is 3.12. The summed E-state index contributed by atoms with van der Waals surface area (Å²) >= 11 is 3.20. The summed E-state index contributed by atoms with van der Waals surface area (Å²) in [5, 5.41) is 0. The fourth-order valence-corrected chi connectivity index (χ4v) is 2.02. The minimum Gasteiger partial charge on any atom is -0.490 e. The molecule has 1 saturated heterocycles. The maximum Gasteiger partial charge on any atom is 0.196 e. The van der Waals surface area contributed by atoms with Crippen LogP contribution < -0.4 is 4.74 Å². The number of hydrogen-bond donors (Lipinski definition) is 0. The Morgan fingerprint density at radius 3 is 2.62 bits per heavy atom. The summed E-state index contributed by atoms with van der Waals surface area (Å²) in [5.41, 5.74) is 0. The molecule has 0 amide bonds. The van der Waals surface area contributed by atoms with Gasteiger partial charge in [0.05, 0.1) is 19.0 Å². The van der Waals surface area contributed by atoms with Crippen molar-refractivity contribution in [2.24, 2.45) is 5.92 Å². The van der Waals surface area contributed by atoms with Crippen molar-refractivity contribution in [3.05, 3.63) is 17.1 Å². The van der Waals surface area contributed by atoms with Crippen LogP contribution in [0.1, 0.15) is 12.8 Å². The van der Waals surface area contributed by atoms with E-state index in [0.717, 1.165) is 12.4 Å². The van der Waals surface area contributed by atoms with Crippen LogP contribution >= 0.6 is 15.9 Å². The number of halogens is 1. The summed E-state index contributed by atoms with van der Waals surface area (Å²) in [6.07, 6.45) is 5.83. The maximum atomic E-state index is 5.67. The van der Waals surface area contributed by atoms with Crippen molar-refractivity contribution in [2.45, 2.75) is 12.8 Å². The quantitative estimate of drug-likeness (QED) is 0.796. The van der Waals surface area contributed by atoms with Crippen molar-refractivity contribution in [2.75, 3.05) is 26.7 Å². The largest absolute Gasteiger partial charge is 0.490 e. The second-order valence-corrected chi connectivity index (χ2v) is 4.95. The highest BCUT2D eigenvalue weighted by molar-refractivity contribution is 9.10. The number of hydrogen-bond acceptors (Lipinski definition) is 4. The Labute approximate surface area is 104 Å². The van der Waals surface area contributed by atoms with Gasteiger partial charge in [0.15, 0.2) is 10.5 Å². The van der Waals surface area contributed by atoms with Crippen molar-refractivity contribution in [3.63, 3.8) is 0 Å². The zero-order valence-corrected chi connectivity index (χ0v) is 11.0. The summed E-state index contributed by atoms with van der Waals surface area (Å²) in [7, 11) is 2.17. The third-order valence-electron chi connectivity index (χ3n) is 2.92. The zero-order valence-electron chi connectivity index (χ0n) is 9.40. The first-order chi connectivity index (χ1) is 7.74. The van der Waals surface area contributed by atoms with Gasteiger partial charge in [-0.05, 0) is 54.8 Å². The lowest BCUT2D eigenvalue weighted by Crippen LogP contribution is -2.32. The van der Waals surface area contributed by atoms with E-state index in [1.807, 2.05) is 0 Å². The molecule has 2 rings (SSSR count). The average molecular weight is 286 g/mol. The molecule has 0 spiro atoms. The number of likely N-dealkylation sites (tertiary alicyclic amines) is 1. The van der Waals surface area contributed by atoms with Gasteiger partial charge in [-0.3, -0.25) is 0 Å². The molecule has 1 fully saturated rings. The van der Waals surface area contributed by atoms with Crippen LogP contribution in [0.3, 0.4) is 0 Å². The molecule has 0 bridgehead atoms. The Balaban J connectivity index is 1.77. The molecule has 0 N–H and O–H groups in total. The molecule has 0 unspecified atom stereocenters. The molecule has 1 aliphatic rings. The topological polar surface area (TPSA) is 38.2 Å². The van der Waals surface area contributed by atoms with E-state index in [1.165, 1.54) is 25.9 Å². The number of piperidine rings is 1. The van der Waals surface area contributed by atoms with Crippen LogP contribution in [0.4, 0.5) is 0 Å². The summed E-state index contributed by atoms with van der Waals surface area (Å²) in [5.74, 6) is 1.42. The SMILES string of the molecule is CN1CCC(COc2cnc(Br)nc2)CC1. The van der Waals surface area contributed by atoms with E-state index in [2.05, 4.69) is 37.8 Å². The lowest BCUT2D eigenvalue weighted by molar-refractivity contribution is 0.159. The molecule has 5 heteroatoms. The molecule has 1 aliphatic heterocycles. The molecular weight excluding hydrogens is 270 g/mol. The fraction of sp³-hybridized carbons (Fsp3) is 0.636. The van der Waals surface area contributed by atoms with E-state index in [-0.39, 0.29) is 0 Å². The molecule has 0 aromatic carbocycles. The normalized spacial score (nSPS) is 18.6. The standard InChI is InChI=1S/C11H16BrN3O/c1-15-4-2-9(3-5-15)8-16-10-6-13-11(12)14-7-10/h6-7,9H,2-5,8H2,1H3. The van der Waals surface area contributed by atoms with Crippen LogP contribution in [0, 0.1) is 5.92 Å². The van der Waals surface area contributed by atoms with Crippen molar-refractivity contribution in [3.8, 4) is 5.75 Å². The molecule has 1 aromatic heterocycles. The summed E-state index contributed by atoms with van der Waals surface area (Å²) in [4.78, 5) is 10.4. The van der Waals surface area contributed by atoms with Crippen molar-refractivity contribution in [1.82, 2.24) is 14.9 Å². The molecule has 1 aromatic rings.